The number of ketones is 1. The number of nitro groups is 2. The molecule has 0 saturated carbocycles. The van der Waals surface area contributed by atoms with Crippen LogP contribution < -0.4 is 0 Å². The lowest BCUT2D eigenvalue weighted by Crippen LogP contribution is -2.13. The van der Waals surface area contributed by atoms with Crippen molar-refractivity contribution in [1.82, 2.24) is 0 Å². The molecule has 0 heterocycles. The molecule has 0 spiro atoms. The van der Waals surface area contributed by atoms with Gasteiger partial charge in [-0.05, 0) is 18.6 Å². The Kier molecular flexibility index (Phi) is 5.73. The molecule has 2 aromatic rings. The SMILES string of the molecule is CC(=O)CC(C(=Cc1ccccc1[N+](=O)[O-])[N+](=O)[O-])c1ccccc1. The molecule has 0 aromatic heterocycles. The number of hydrogen-bond acceptors (Lipinski definition) is 5. The minimum atomic E-state index is -0.784. The summed E-state index contributed by atoms with van der Waals surface area (Å²) in [5.41, 5.74) is 0.259. The van der Waals surface area contributed by atoms with Crippen LogP contribution in [-0.2, 0) is 4.79 Å². The largest absolute Gasteiger partial charge is 0.300 e. The maximum atomic E-state index is 11.6. The highest BCUT2D eigenvalue weighted by atomic mass is 16.6. The van der Waals surface area contributed by atoms with Crippen LogP contribution >= 0.6 is 0 Å². The van der Waals surface area contributed by atoms with E-state index >= 15 is 0 Å². The number of rotatable bonds is 7. The Labute approximate surface area is 143 Å². The van der Waals surface area contributed by atoms with E-state index in [-0.39, 0.29) is 29.2 Å². The highest BCUT2D eigenvalue weighted by molar-refractivity contribution is 5.77. The van der Waals surface area contributed by atoms with Crippen LogP contribution in [-0.4, -0.2) is 15.6 Å². The smallest absolute Gasteiger partial charge is 0.276 e. The Morgan fingerprint density at radius 2 is 1.64 bits per heavy atom. The molecule has 7 nitrogen and oxygen atoms in total. The topological polar surface area (TPSA) is 103 Å². The summed E-state index contributed by atoms with van der Waals surface area (Å²) >= 11 is 0. The fourth-order valence-corrected chi connectivity index (χ4v) is 2.58. The Morgan fingerprint density at radius 1 is 1.04 bits per heavy atom. The van der Waals surface area contributed by atoms with Gasteiger partial charge in [0.05, 0.1) is 21.3 Å². The number of nitrogens with zero attached hydrogens (tertiary/aromatic N) is 2. The molecule has 0 amide bonds. The molecule has 0 fully saturated rings. The van der Waals surface area contributed by atoms with Gasteiger partial charge in [-0.15, -0.1) is 0 Å². The molecule has 0 radical (unpaired) electrons. The standard InChI is InChI=1S/C18H16N2O5/c1-13(21)11-16(14-7-3-2-4-8-14)18(20(24)25)12-15-9-5-6-10-17(15)19(22)23/h2-10,12,16H,11H2,1H3. The quantitative estimate of drug-likeness (QED) is 0.560. The van der Waals surface area contributed by atoms with Crippen molar-refractivity contribution >= 4 is 17.5 Å². The van der Waals surface area contributed by atoms with Gasteiger partial charge < -0.3 is 0 Å². The van der Waals surface area contributed by atoms with Crippen LogP contribution in [0.15, 0.2) is 60.3 Å². The molecule has 0 N–H and O–H groups in total. The predicted molar refractivity (Wildman–Crippen MR) is 92.5 cm³/mol. The van der Waals surface area contributed by atoms with Crippen LogP contribution in [0.5, 0.6) is 0 Å². The van der Waals surface area contributed by atoms with Crippen LogP contribution in [0.25, 0.3) is 6.08 Å². The summed E-state index contributed by atoms with van der Waals surface area (Å²) in [6.45, 7) is 1.36. The average Bonchev–Trinajstić information content (AvgIpc) is 2.58. The van der Waals surface area contributed by atoms with Crippen LogP contribution in [0, 0.1) is 20.2 Å². The second-order valence-corrected chi connectivity index (χ2v) is 5.51. The Hall–Kier alpha value is -3.35. The summed E-state index contributed by atoms with van der Waals surface area (Å²) in [6, 6.07) is 14.4. The number of hydrogen-bond donors (Lipinski definition) is 0. The molecule has 2 rings (SSSR count). The minimum Gasteiger partial charge on any atom is -0.300 e. The lowest BCUT2D eigenvalue weighted by atomic mass is 9.90. The fraction of sp³-hybridized carbons (Fsp3) is 0.167. The summed E-state index contributed by atoms with van der Waals surface area (Å²) in [6.07, 6.45) is 1.12. The monoisotopic (exact) mass is 340 g/mol. The molecule has 128 valence electrons. The van der Waals surface area contributed by atoms with Gasteiger partial charge in [-0.1, -0.05) is 42.5 Å². The van der Waals surface area contributed by atoms with Crippen LogP contribution in [0.2, 0.25) is 0 Å². The zero-order chi connectivity index (χ0) is 18.4. The molecule has 1 atom stereocenters. The summed E-state index contributed by atoms with van der Waals surface area (Å²) in [4.78, 5) is 33.2. The van der Waals surface area contributed by atoms with E-state index in [1.165, 1.54) is 31.2 Å². The predicted octanol–water partition coefficient (Wildman–Crippen LogP) is 3.98. The van der Waals surface area contributed by atoms with E-state index in [1.807, 2.05) is 0 Å². The lowest BCUT2D eigenvalue weighted by Gasteiger charge is -2.13. The first-order valence-electron chi connectivity index (χ1n) is 7.54. The van der Waals surface area contributed by atoms with Gasteiger partial charge in [-0.25, -0.2) is 0 Å². The number of carbonyl (C=O) groups is 1. The van der Waals surface area contributed by atoms with Gasteiger partial charge in [-0.2, -0.15) is 0 Å². The van der Waals surface area contributed by atoms with Gasteiger partial charge in [0.1, 0.15) is 5.78 Å². The first-order chi connectivity index (χ1) is 11.9. The van der Waals surface area contributed by atoms with Gasteiger partial charge in [0.25, 0.3) is 11.4 Å². The summed E-state index contributed by atoms with van der Waals surface area (Å²) in [7, 11) is 0. The van der Waals surface area contributed by atoms with E-state index in [1.54, 1.807) is 36.4 Å². The normalized spacial score (nSPS) is 12.4. The van der Waals surface area contributed by atoms with E-state index < -0.39 is 15.8 Å². The van der Waals surface area contributed by atoms with Crippen LogP contribution in [0.3, 0.4) is 0 Å². The zero-order valence-electron chi connectivity index (χ0n) is 13.5. The number of benzene rings is 2. The van der Waals surface area contributed by atoms with Crippen LogP contribution in [0.1, 0.15) is 30.4 Å². The molecule has 1 unspecified atom stereocenters. The van der Waals surface area contributed by atoms with Crippen molar-refractivity contribution in [1.29, 1.82) is 0 Å². The second kappa shape index (κ2) is 7.96. The highest BCUT2D eigenvalue weighted by Crippen LogP contribution is 2.32. The summed E-state index contributed by atoms with van der Waals surface area (Å²) in [5.74, 6) is -0.988. The van der Waals surface area contributed by atoms with Crippen molar-refractivity contribution in [3.05, 3.63) is 91.6 Å². The number of nitro benzene ring substituents is 1. The molecule has 2 aromatic carbocycles. The molecule has 25 heavy (non-hydrogen) atoms. The Balaban J connectivity index is 2.60. The van der Waals surface area contributed by atoms with Crippen molar-refractivity contribution in [3.63, 3.8) is 0 Å². The van der Waals surface area contributed by atoms with Crippen molar-refractivity contribution < 1.29 is 14.6 Å². The van der Waals surface area contributed by atoms with E-state index in [4.69, 9.17) is 0 Å². The van der Waals surface area contributed by atoms with Gasteiger partial charge in [0.15, 0.2) is 0 Å². The van der Waals surface area contributed by atoms with Crippen molar-refractivity contribution in [2.75, 3.05) is 0 Å². The maximum absolute atomic E-state index is 11.6. The maximum Gasteiger partial charge on any atom is 0.276 e. The van der Waals surface area contributed by atoms with Gasteiger partial charge in [0.2, 0.25) is 0 Å². The van der Waals surface area contributed by atoms with E-state index in [0.29, 0.717) is 5.56 Å². The van der Waals surface area contributed by atoms with Crippen molar-refractivity contribution in [2.45, 2.75) is 19.3 Å². The molecule has 0 aliphatic rings. The fourth-order valence-electron chi connectivity index (χ4n) is 2.58. The summed E-state index contributed by atoms with van der Waals surface area (Å²) < 4.78 is 0. The third-order valence-corrected chi connectivity index (χ3v) is 3.70. The first-order valence-corrected chi connectivity index (χ1v) is 7.54. The van der Waals surface area contributed by atoms with E-state index in [0.717, 1.165) is 0 Å². The highest BCUT2D eigenvalue weighted by Gasteiger charge is 2.29. The van der Waals surface area contributed by atoms with Crippen LogP contribution in [0.4, 0.5) is 5.69 Å². The lowest BCUT2D eigenvalue weighted by molar-refractivity contribution is -0.428. The summed E-state index contributed by atoms with van der Waals surface area (Å²) in [5, 5.41) is 22.8. The molecule has 7 heteroatoms. The van der Waals surface area contributed by atoms with Crippen molar-refractivity contribution in [3.8, 4) is 0 Å². The number of carbonyl (C=O) groups excluding carboxylic acids is 1. The molecule has 0 aliphatic heterocycles. The Morgan fingerprint density at radius 3 is 2.20 bits per heavy atom. The van der Waals surface area contributed by atoms with Gasteiger partial charge >= 0.3 is 0 Å². The van der Waals surface area contributed by atoms with Gasteiger partial charge in [-0.3, -0.25) is 25.0 Å². The third-order valence-electron chi connectivity index (χ3n) is 3.70. The number of Topliss-reactive ketones (excluding diaryl/α,β-unsaturated/α-hetero) is 1. The molecule has 0 aliphatic carbocycles. The van der Waals surface area contributed by atoms with E-state index in [2.05, 4.69) is 0 Å². The molecule has 0 saturated heterocycles. The average molecular weight is 340 g/mol. The molecule has 0 bridgehead atoms. The third kappa shape index (κ3) is 4.57. The van der Waals surface area contributed by atoms with E-state index in [9.17, 15) is 25.0 Å². The second-order valence-electron chi connectivity index (χ2n) is 5.51. The number of allylic oxidation sites excluding steroid dienone is 1. The minimum absolute atomic E-state index is 0.0581. The first kappa shape index (κ1) is 18.0. The zero-order valence-corrected chi connectivity index (χ0v) is 13.5. The Bertz CT molecular complexity index is 830. The molecular weight excluding hydrogens is 324 g/mol. The molecular formula is C18H16N2O5. The van der Waals surface area contributed by atoms with Gasteiger partial charge in [0, 0.05) is 18.6 Å². The number of para-hydroxylation sites is 1. The van der Waals surface area contributed by atoms with Crippen molar-refractivity contribution in [2.24, 2.45) is 0 Å².